The van der Waals surface area contributed by atoms with Gasteiger partial charge in [0.2, 0.25) is 0 Å². The Balaban J connectivity index is 2.38. The molecule has 0 aromatic carbocycles. The molecule has 7 heteroatoms. The van der Waals surface area contributed by atoms with Gasteiger partial charge in [0.05, 0.1) is 8.42 Å². The van der Waals surface area contributed by atoms with Crippen molar-refractivity contribution in [2.45, 2.75) is 34.1 Å². The van der Waals surface area contributed by atoms with Gasteiger partial charge in [0, 0.05) is 11.8 Å². The average Bonchev–Trinajstić information content (AvgIpc) is 2.71. The number of hydrogen-bond acceptors (Lipinski definition) is 5. The van der Waals surface area contributed by atoms with E-state index in [1.165, 1.54) is 31.1 Å². The fraction of sp³-hybridized carbons (Fsp3) is 0.727. The number of alkyl halides is 2. The summed E-state index contributed by atoms with van der Waals surface area (Å²) >= 11 is 17.6. The van der Waals surface area contributed by atoms with Crippen LogP contribution in [0.4, 0.5) is 0 Å². The quantitative estimate of drug-likeness (QED) is 0.315. The maximum atomic E-state index is 11.5. The van der Waals surface area contributed by atoms with E-state index in [-0.39, 0.29) is 4.06 Å². The molecule has 0 unspecified atom stereocenters. The normalized spacial score (nSPS) is 11.0. The van der Waals surface area contributed by atoms with Gasteiger partial charge < -0.3 is 0 Å². The van der Waals surface area contributed by atoms with Gasteiger partial charge in [0.25, 0.3) is 4.06 Å². The van der Waals surface area contributed by atoms with Crippen molar-refractivity contribution in [2.75, 3.05) is 23.3 Å². The van der Waals surface area contributed by atoms with E-state index in [4.69, 9.17) is 23.2 Å². The summed E-state index contributed by atoms with van der Waals surface area (Å²) in [6, 6.07) is 0. The molecular formula is C11H16Cl2OS4. The van der Waals surface area contributed by atoms with E-state index in [1.54, 1.807) is 23.5 Å². The van der Waals surface area contributed by atoms with Gasteiger partial charge in [0.1, 0.15) is 0 Å². The van der Waals surface area contributed by atoms with Crippen molar-refractivity contribution in [3.63, 3.8) is 0 Å². The summed E-state index contributed by atoms with van der Waals surface area (Å²) in [4.78, 5) is 11.5. The van der Waals surface area contributed by atoms with Crippen LogP contribution >= 0.6 is 69.4 Å². The van der Waals surface area contributed by atoms with Gasteiger partial charge in [-0.25, -0.2) is 0 Å². The largest absolute Gasteiger partial charge is 0.289 e. The molecular weight excluding hydrogens is 347 g/mol. The van der Waals surface area contributed by atoms with Gasteiger partial charge >= 0.3 is 0 Å². The Morgan fingerprint density at radius 1 is 0.833 bits per heavy atom. The van der Waals surface area contributed by atoms with E-state index in [1.807, 2.05) is 0 Å². The summed E-state index contributed by atoms with van der Waals surface area (Å²) in [5.74, 6) is 3.55. The molecule has 0 aliphatic rings. The van der Waals surface area contributed by atoms with Gasteiger partial charge in [-0.15, -0.1) is 46.7 Å². The summed E-state index contributed by atoms with van der Waals surface area (Å²) in [5, 5.41) is 0. The van der Waals surface area contributed by atoms with Gasteiger partial charge in [-0.1, -0.05) is 22.7 Å². The van der Waals surface area contributed by atoms with Crippen LogP contribution in [0.1, 0.15) is 25.7 Å². The lowest BCUT2D eigenvalue weighted by Crippen LogP contribution is -1.83. The lowest BCUT2D eigenvalue weighted by molar-refractivity contribution is 0.901. The molecule has 0 saturated heterocycles. The van der Waals surface area contributed by atoms with E-state index in [2.05, 4.69) is 0 Å². The lowest BCUT2D eigenvalue weighted by atomic mass is 10.4. The smallest absolute Gasteiger partial charge is 0.265 e. The standard InChI is InChI=1S/C11H16Cl2OS4/c12-5-1-3-7-15-9-10(18-11(14)17-9)16-8-4-2-6-13/h1-8H2. The summed E-state index contributed by atoms with van der Waals surface area (Å²) in [5.41, 5.74) is 0. The first-order valence-electron chi connectivity index (χ1n) is 5.79. The predicted octanol–water partition coefficient (Wildman–Crippen LogP) is 5.39. The van der Waals surface area contributed by atoms with Gasteiger partial charge in [-0.3, -0.25) is 4.79 Å². The van der Waals surface area contributed by atoms with Gasteiger partial charge in [0.15, 0.2) is 0 Å². The monoisotopic (exact) mass is 362 g/mol. The number of rotatable bonds is 10. The van der Waals surface area contributed by atoms with E-state index < -0.39 is 0 Å². The molecule has 0 N–H and O–H groups in total. The first-order valence-corrected chi connectivity index (χ1v) is 10.5. The molecule has 18 heavy (non-hydrogen) atoms. The van der Waals surface area contributed by atoms with Crippen LogP contribution in [-0.4, -0.2) is 23.3 Å². The summed E-state index contributed by atoms with van der Waals surface area (Å²) in [7, 11) is 0. The second kappa shape index (κ2) is 10.9. The molecule has 1 rings (SSSR count). The minimum atomic E-state index is 0.203. The number of hydrogen-bond donors (Lipinski definition) is 0. The lowest BCUT2D eigenvalue weighted by Gasteiger charge is -2.01. The molecule has 1 aromatic heterocycles. The Morgan fingerprint density at radius 2 is 1.28 bits per heavy atom. The van der Waals surface area contributed by atoms with Crippen molar-refractivity contribution in [3.8, 4) is 0 Å². The van der Waals surface area contributed by atoms with Gasteiger partial charge in [-0.05, 0) is 37.2 Å². The highest BCUT2D eigenvalue weighted by atomic mass is 35.5. The topological polar surface area (TPSA) is 17.1 Å². The van der Waals surface area contributed by atoms with Crippen LogP contribution in [0.15, 0.2) is 13.2 Å². The summed E-state index contributed by atoms with van der Waals surface area (Å²) in [6.45, 7) is 0. The summed E-state index contributed by atoms with van der Waals surface area (Å²) < 4.78 is 2.58. The number of halogens is 2. The van der Waals surface area contributed by atoms with Gasteiger partial charge in [-0.2, -0.15) is 0 Å². The molecule has 1 nitrogen and oxygen atoms in total. The molecule has 0 aliphatic heterocycles. The highest BCUT2D eigenvalue weighted by Gasteiger charge is 2.09. The average molecular weight is 363 g/mol. The third-order valence-electron chi connectivity index (χ3n) is 2.04. The summed E-state index contributed by atoms with van der Waals surface area (Å²) in [6.07, 6.45) is 4.32. The number of unbranched alkanes of at least 4 members (excludes halogenated alkanes) is 2. The third-order valence-corrected chi connectivity index (χ3v) is 7.83. The predicted molar refractivity (Wildman–Crippen MR) is 89.8 cm³/mol. The van der Waals surface area contributed by atoms with Crippen molar-refractivity contribution in [1.82, 2.24) is 0 Å². The molecule has 1 aromatic rings. The molecule has 0 atom stereocenters. The minimum absolute atomic E-state index is 0.203. The second-order valence-electron chi connectivity index (χ2n) is 3.52. The zero-order valence-corrected chi connectivity index (χ0v) is 14.7. The van der Waals surface area contributed by atoms with Crippen LogP contribution in [0.3, 0.4) is 0 Å². The SMILES string of the molecule is O=c1sc(SCCCCCl)c(SCCCCCl)s1. The fourth-order valence-electron chi connectivity index (χ4n) is 1.16. The fourth-order valence-corrected chi connectivity index (χ4v) is 6.92. The van der Waals surface area contributed by atoms with E-state index in [9.17, 15) is 4.79 Å². The van der Waals surface area contributed by atoms with E-state index in [0.717, 1.165) is 48.9 Å². The molecule has 104 valence electrons. The number of thioether (sulfide) groups is 2. The Bertz CT molecular complexity index is 345. The second-order valence-corrected chi connectivity index (χ2v) is 9.23. The Kier molecular flexibility index (Phi) is 10.4. The molecule has 0 amide bonds. The van der Waals surface area contributed by atoms with Crippen molar-refractivity contribution >= 4 is 69.4 Å². The Hall–Kier alpha value is 1.13. The van der Waals surface area contributed by atoms with E-state index >= 15 is 0 Å². The molecule has 0 bridgehead atoms. The molecule has 0 saturated carbocycles. The van der Waals surface area contributed by atoms with Crippen molar-refractivity contribution in [3.05, 3.63) is 8.85 Å². The Labute approximate surface area is 135 Å². The van der Waals surface area contributed by atoms with E-state index in [0.29, 0.717) is 0 Å². The van der Waals surface area contributed by atoms with Crippen molar-refractivity contribution < 1.29 is 0 Å². The van der Waals surface area contributed by atoms with Crippen molar-refractivity contribution in [1.29, 1.82) is 0 Å². The van der Waals surface area contributed by atoms with Crippen molar-refractivity contribution in [2.24, 2.45) is 0 Å². The zero-order chi connectivity index (χ0) is 13.2. The van der Waals surface area contributed by atoms with Crippen LogP contribution in [0, 0.1) is 0 Å². The van der Waals surface area contributed by atoms with Crippen LogP contribution < -0.4 is 4.06 Å². The van der Waals surface area contributed by atoms with Crippen LogP contribution in [-0.2, 0) is 0 Å². The first kappa shape index (κ1) is 17.2. The molecule has 0 spiro atoms. The third kappa shape index (κ3) is 7.06. The maximum Gasteiger partial charge on any atom is 0.289 e. The molecule has 0 aliphatic carbocycles. The molecule has 1 heterocycles. The minimum Gasteiger partial charge on any atom is -0.265 e. The highest BCUT2D eigenvalue weighted by molar-refractivity contribution is 8.04. The first-order chi connectivity index (χ1) is 8.77. The molecule has 0 fully saturated rings. The molecule has 0 radical (unpaired) electrons. The Morgan fingerprint density at radius 3 is 1.67 bits per heavy atom. The maximum absolute atomic E-state index is 11.5. The zero-order valence-electron chi connectivity index (χ0n) is 9.95. The highest BCUT2D eigenvalue weighted by Crippen LogP contribution is 2.37. The van der Waals surface area contributed by atoms with Crippen LogP contribution in [0.5, 0.6) is 0 Å². The van der Waals surface area contributed by atoms with Crippen LogP contribution in [0.25, 0.3) is 0 Å². The van der Waals surface area contributed by atoms with Crippen LogP contribution in [0.2, 0.25) is 0 Å².